The molecular weight excluding hydrogens is 448 g/mol. The highest BCUT2D eigenvalue weighted by Crippen LogP contribution is 2.24. The number of hydrogen-bond donors (Lipinski definition) is 2. The lowest BCUT2D eigenvalue weighted by Crippen LogP contribution is -2.58. The van der Waals surface area contributed by atoms with Crippen LogP contribution in [-0.2, 0) is 21.4 Å². The largest absolute Gasteiger partial charge is 0.394 e. The summed E-state index contributed by atoms with van der Waals surface area (Å²) in [6, 6.07) is 6.44. The van der Waals surface area contributed by atoms with E-state index in [1.54, 1.807) is 24.5 Å². The molecule has 0 unspecified atom stereocenters. The van der Waals surface area contributed by atoms with Crippen LogP contribution in [0.5, 0.6) is 0 Å². The highest BCUT2D eigenvalue weighted by atomic mass is 35.5. The number of aromatic amines is 1. The number of amides is 1. The van der Waals surface area contributed by atoms with Crippen LogP contribution in [0.2, 0.25) is 4.34 Å². The van der Waals surface area contributed by atoms with Gasteiger partial charge in [0, 0.05) is 40.1 Å². The van der Waals surface area contributed by atoms with E-state index in [9.17, 15) is 18.3 Å². The molecule has 3 aromatic heterocycles. The van der Waals surface area contributed by atoms with Gasteiger partial charge in [-0.3, -0.25) is 9.78 Å². The van der Waals surface area contributed by atoms with Gasteiger partial charge < -0.3 is 15.0 Å². The van der Waals surface area contributed by atoms with Crippen LogP contribution in [-0.4, -0.2) is 64.3 Å². The number of nitrogens with zero attached hydrogens (tertiary/aromatic N) is 3. The molecule has 0 spiro atoms. The number of aromatic nitrogens is 2. The van der Waals surface area contributed by atoms with Gasteiger partial charge in [0.25, 0.3) is 0 Å². The molecule has 0 radical (unpaired) electrons. The number of nitrogens with one attached hydrogen (secondary N) is 1. The third-order valence-electron chi connectivity index (χ3n) is 4.94. The minimum atomic E-state index is -3.83. The summed E-state index contributed by atoms with van der Waals surface area (Å²) >= 11 is 7.12. The molecular formula is C19H19ClN4O4S2. The number of hydrogen-bond acceptors (Lipinski definition) is 6. The quantitative estimate of drug-likeness (QED) is 0.579. The summed E-state index contributed by atoms with van der Waals surface area (Å²) in [5.41, 5.74) is 1.58. The zero-order valence-corrected chi connectivity index (χ0v) is 18.1. The van der Waals surface area contributed by atoms with Crippen molar-refractivity contribution in [3.8, 4) is 0 Å². The highest BCUT2D eigenvalue weighted by Gasteiger charge is 2.37. The second kappa shape index (κ2) is 8.48. The fraction of sp³-hybridized carbons (Fsp3) is 0.263. The summed E-state index contributed by atoms with van der Waals surface area (Å²) in [4.78, 5) is 22.4. The summed E-state index contributed by atoms with van der Waals surface area (Å²) < 4.78 is 27.1. The van der Waals surface area contributed by atoms with Crippen LogP contribution in [0.25, 0.3) is 17.0 Å². The Labute approximate surface area is 182 Å². The maximum atomic E-state index is 12.8. The first-order chi connectivity index (χ1) is 14.4. The number of aliphatic hydroxyl groups is 1. The molecule has 2 N–H and O–H groups in total. The Morgan fingerprint density at radius 2 is 2.17 bits per heavy atom. The van der Waals surface area contributed by atoms with E-state index in [4.69, 9.17) is 11.6 Å². The molecule has 4 rings (SSSR count). The number of H-pyrrole nitrogens is 1. The Balaban J connectivity index is 1.52. The Morgan fingerprint density at radius 3 is 2.90 bits per heavy atom. The Bertz CT molecular complexity index is 1200. The van der Waals surface area contributed by atoms with Gasteiger partial charge in [0.1, 0.15) is 0 Å². The van der Waals surface area contributed by atoms with E-state index in [1.165, 1.54) is 22.3 Å². The van der Waals surface area contributed by atoms with Gasteiger partial charge in [-0.05, 0) is 30.3 Å². The van der Waals surface area contributed by atoms with Gasteiger partial charge in [-0.15, -0.1) is 11.3 Å². The maximum Gasteiger partial charge on any atom is 0.238 e. The molecule has 0 saturated carbocycles. The Hall–Kier alpha value is -2.24. The second-order valence-corrected chi connectivity index (χ2v) is 10.4. The number of pyridine rings is 1. The molecule has 4 heterocycles. The zero-order chi connectivity index (χ0) is 21.3. The molecule has 1 amide bonds. The summed E-state index contributed by atoms with van der Waals surface area (Å²) in [5, 5.41) is 11.8. The summed E-state index contributed by atoms with van der Waals surface area (Å²) in [5.74, 6) is -0.384. The van der Waals surface area contributed by atoms with Crippen LogP contribution in [0.4, 0.5) is 0 Å². The lowest BCUT2D eigenvalue weighted by Gasteiger charge is -2.39. The smallest absolute Gasteiger partial charge is 0.238 e. The average molecular weight is 467 g/mol. The molecule has 3 aromatic rings. The molecule has 1 atom stereocenters. The van der Waals surface area contributed by atoms with Crippen molar-refractivity contribution in [1.29, 1.82) is 0 Å². The molecule has 1 aliphatic heterocycles. The standard InChI is InChI=1S/C19H19ClN4O4S2/c20-18-2-1-14(29-18)5-8-30(27,28)23-9-13(12-25)24(19(26)11-23)10-17-15-3-6-21-16(15)4-7-22-17/h1-8,13,21,25H,9-12H2/t13-/m1/s1. The molecule has 1 saturated heterocycles. The van der Waals surface area contributed by atoms with Gasteiger partial charge in [-0.1, -0.05) is 11.6 Å². The number of aliphatic hydroxyl groups excluding tert-OH is 1. The van der Waals surface area contributed by atoms with Crippen LogP contribution >= 0.6 is 22.9 Å². The molecule has 0 aliphatic carbocycles. The van der Waals surface area contributed by atoms with Crippen LogP contribution in [0.15, 0.2) is 42.1 Å². The number of carbonyl (C=O) groups excluding carboxylic acids is 1. The lowest BCUT2D eigenvalue weighted by atomic mass is 10.1. The van der Waals surface area contributed by atoms with E-state index in [0.717, 1.165) is 20.6 Å². The van der Waals surface area contributed by atoms with Crippen molar-refractivity contribution in [2.45, 2.75) is 12.6 Å². The third kappa shape index (κ3) is 4.28. The van der Waals surface area contributed by atoms with Crippen molar-refractivity contribution in [1.82, 2.24) is 19.2 Å². The summed E-state index contributed by atoms with van der Waals surface area (Å²) in [6.45, 7) is -0.456. The van der Waals surface area contributed by atoms with Crippen LogP contribution < -0.4 is 0 Å². The van der Waals surface area contributed by atoms with Crippen LogP contribution in [0.3, 0.4) is 0 Å². The fourth-order valence-corrected chi connectivity index (χ4v) is 5.61. The molecule has 0 bridgehead atoms. The van der Waals surface area contributed by atoms with Gasteiger partial charge >= 0.3 is 0 Å². The predicted octanol–water partition coefficient (Wildman–Crippen LogP) is 2.28. The highest BCUT2D eigenvalue weighted by molar-refractivity contribution is 7.92. The maximum absolute atomic E-state index is 12.8. The lowest BCUT2D eigenvalue weighted by molar-refractivity contribution is -0.139. The second-order valence-electron chi connectivity index (χ2n) is 6.84. The van der Waals surface area contributed by atoms with E-state index in [0.29, 0.717) is 14.9 Å². The number of sulfonamides is 1. The van der Waals surface area contributed by atoms with E-state index in [-0.39, 0.29) is 32.1 Å². The SMILES string of the molecule is O=C1CN(S(=O)(=O)C=Cc2ccc(Cl)s2)C[C@H](CO)N1Cc1nccc2[nH]ccc12. The third-order valence-corrected chi connectivity index (χ3v) is 7.61. The number of thiophene rings is 1. The van der Waals surface area contributed by atoms with E-state index < -0.39 is 16.1 Å². The summed E-state index contributed by atoms with van der Waals surface area (Å²) in [6.07, 6.45) is 4.89. The first-order valence-electron chi connectivity index (χ1n) is 9.12. The Kier molecular flexibility index (Phi) is 5.94. The molecule has 11 heteroatoms. The average Bonchev–Trinajstić information content (AvgIpc) is 3.37. The van der Waals surface area contributed by atoms with Gasteiger partial charge in [-0.25, -0.2) is 8.42 Å². The first kappa shape index (κ1) is 21.0. The van der Waals surface area contributed by atoms with Crippen molar-refractivity contribution in [3.05, 3.63) is 57.0 Å². The zero-order valence-electron chi connectivity index (χ0n) is 15.7. The van der Waals surface area contributed by atoms with Gasteiger partial charge in [0.15, 0.2) is 0 Å². The fourth-order valence-electron chi connectivity index (χ4n) is 3.40. The summed E-state index contributed by atoms with van der Waals surface area (Å²) in [7, 11) is -3.83. The van der Waals surface area contributed by atoms with Crippen LogP contribution in [0.1, 0.15) is 10.6 Å². The van der Waals surface area contributed by atoms with Crippen molar-refractivity contribution in [3.63, 3.8) is 0 Å². The molecule has 30 heavy (non-hydrogen) atoms. The van der Waals surface area contributed by atoms with Crippen molar-refractivity contribution in [2.24, 2.45) is 0 Å². The van der Waals surface area contributed by atoms with Gasteiger partial charge in [0.05, 0.1) is 35.8 Å². The minimum Gasteiger partial charge on any atom is -0.394 e. The van der Waals surface area contributed by atoms with Crippen molar-refractivity contribution in [2.75, 3.05) is 19.7 Å². The molecule has 1 fully saturated rings. The Morgan fingerprint density at radius 1 is 1.33 bits per heavy atom. The predicted molar refractivity (Wildman–Crippen MR) is 116 cm³/mol. The van der Waals surface area contributed by atoms with Crippen molar-refractivity contribution < 1.29 is 18.3 Å². The monoisotopic (exact) mass is 466 g/mol. The number of piperazine rings is 1. The van der Waals surface area contributed by atoms with Crippen LogP contribution in [0, 0.1) is 0 Å². The normalized spacial score (nSPS) is 18.7. The number of rotatable bonds is 6. The van der Waals surface area contributed by atoms with E-state index in [1.807, 2.05) is 12.1 Å². The molecule has 1 aliphatic rings. The van der Waals surface area contributed by atoms with Crippen molar-refractivity contribution >= 4 is 55.8 Å². The molecule has 158 valence electrons. The number of halogens is 1. The van der Waals surface area contributed by atoms with Gasteiger partial charge in [-0.2, -0.15) is 4.31 Å². The van der Waals surface area contributed by atoms with E-state index >= 15 is 0 Å². The number of fused-ring (bicyclic) bond motifs is 1. The van der Waals surface area contributed by atoms with Gasteiger partial charge in [0.2, 0.25) is 15.9 Å². The molecule has 0 aromatic carbocycles. The minimum absolute atomic E-state index is 0.00320. The number of carbonyl (C=O) groups is 1. The van der Waals surface area contributed by atoms with E-state index in [2.05, 4.69) is 9.97 Å². The topological polar surface area (TPSA) is 107 Å². The molecule has 8 nitrogen and oxygen atoms in total. The first-order valence-corrected chi connectivity index (χ1v) is 11.8.